The zero-order chi connectivity index (χ0) is 21.3. The Bertz CT molecular complexity index is 1100. The molecule has 0 bridgehead atoms. The summed E-state index contributed by atoms with van der Waals surface area (Å²) in [6.07, 6.45) is 2.08. The zero-order valence-electron chi connectivity index (χ0n) is 16.9. The number of hydrazone groups is 1. The van der Waals surface area contributed by atoms with E-state index < -0.39 is 18.5 Å². The molecule has 2 aromatic heterocycles. The van der Waals surface area contributed by atoms with E-state index in [4.69, 9.17) is 9.15 Å². The fourth-order valence-corrected chi connectivity index (χ4v) is 4.16. The quantitative estimate of drug-likeness (QED) is 0.574. The number of furan rings is 1. The molecule has 1 aliphatic rings. The second-order valence-corrected chi connectivity index (χ2v) is 8.31. The minimum atomic E-state index is -0.553. The number of carbonyl (C=O) groups is 2. The lowest BCUT2D eigenvalue weighted by Gasteiger charge is -2.19. The number of ether oxygens (including phenoxy) is 1. The van der Waals surface area contributed by atoms with Crippen molar-refractivity contribution in [3.8, 4) is 0 Å². The van der Waals surface area contributed by atoms with Gasteiger partial charge in [0, 0.05) is 6.42 Å². The lowest BCUT2D eigenvalue weighted by atomic mass is 10.0. The molecular weight excluding hydrogens is 402 g/mol. The Morgan fingerprint density at radius 1 is 1.20 bits per heavy atom. The second kappa shape index (κ2) is 8.23. The van der Waals surface area contributed by atoms with Crippen LogP contribution in [0.25, 0.3) is 0 Å². The lowest BCUT2D eigenvalue weighted by Crippen LogP contribution is -2.31. The summed E-state index contributed by atoms with van der Waals surface area (Å²) in [5.41, 5.74) is 3.47. The first-order chi connectivity index (χ1) is 14.4. The second-order valence-electron chi connectivity index (χ2n) is 7.11. The number of aromatic nitrogens is 1. The zero-order valence-corrected chi connectivity index (χ0v) is 17.7. The van der Waals surface area contributed by atoms with Crippen LogP contribution in [0.5, 0.6) is 0 Å². The standard InChI is InChI=1S/C22H21N3O4S/c1-13-6-8-16(9-7-13)17-11-18(19-5-4-10-28-19)25(24-17)20(26)12-29-22(27)21-14(2)23-15(3)30-21/h4-10,18H,11-12H2,1-3H3. The molecule has 30 heavy (non-hydrogen) atoms. The maximum atomic E-state index is 12.9. The highest BCUT2D eigenvalue weighted by Gasteiger charge is 2.35. The van der Waals surface area contributed by atoms with Gasteiger partial charge in [0.15, 0.2) is 6.61 Å². The monoisotopic (exact) mass is 423 g/mol. The average molecular weight is 423 g/mol. The normalized spacial score (nSPS) is 15.9. The van der Waals surface area contributed by atoms with Gasteiger partial charge in [0.2, 0.25) is 0 Å². The Hall–Kier alpha value is -3.26. The topological polar surface area (TPSA) is 85.0 Å². The van der Waals surface area contributed by atoms with Crippen LogP contribution in [-0.2, 0) is 9.53 Å². The van der Waals surface area contributed by atoms with Crippen LogP contribution in [-0.4, -0.2) is 34.2 Å². The third-order valence-corrected chi connectivity index (χ3v) is 5.89. The Morgan fingerprint density at radius 2 is 1.97 bits per heavy atom. The van der Waals surface area contributed by atoms with Gasteiger partial charge in [-0.3, -0.25) is 4.79 Å². The number of aryl methyl sites for hydroxylation is 3. The molecular formula is C22H21N3O4S. The number of thiazole rings is 1. The summed E-state index contributed by atoms with van der Waals surface area (Å²) in [7, 11) is 0. The number of benzene rings is 1. The van der Waals surface area contributed by atoms with E-state index in [9.17, 15) is 9.59 Å². The summed E-state index contributed by atoms with van der Waals surface area (Å²) in [4.78, 5) is 29.9. The Labute approximate surface area is 178 Å². The van der Waals surface area contributed by atoms with Crippen LogP contribution in [0, 0.1) is 20.8 Å². The number of carbonyl (C=O) groups excluding carboxylic acids is 2. The van der Waals surface area contributed by atoms with Crippen molar-refractivity contribution >= 4 is 28.9 Å². The molecule has 4 rings (SSSR count). The van der Waals surface area contributed by atoms with Gasteiger partial charge in [-0.05, 0) is 38.5 Å². The van der Waals surface area contributed by atoms with E-state index in [1.165, 1.54) is 16.3 Å². The molecule has 0 radical (unpaired) electrons. The van der Waals surface area contributed by atoms with Crippen LogP contribution >= 0.6 is 11.3 Å². The number of amides is 1. The van der Waals surface area contributed by atoms with E-state index in [2.05, 4.69) is 10.1 Å². The molecule has 8 heteroatoms. The lowest BCUT2D eigenvalue weighted by molar-refractivity contribution is -0.136. The predicted molar refractivity (Wildman–Crippen MR) is 112 cm³/mol. The highest BCUT2D eigenvalue weighted by molar-refractivity contribution is 7.13. The Kier molecular flexibility index (Phi) is 5.50. The molecule has 3 aromatic rings. The summed E-state index contributed by atoms with van der Waals surface area (Å²) in [5.74, 6) is -0.330. The Morgan fingerprint density at radius 3 is 2.60 bits per heavy atom. The first-order valence-electron chi connectivity index (χ1n) is 9.53. The van der Waals surface area contributed by atoms with Crippen LogP contribution < -0.4 is 0 Å². The summed E-state index contributed by atoms with van der Waals surface area (Å²) < 4.78 is 10.8. The molecule has 0 fully saturated rings. The molecule has 1 aliphatic heterocycles. The minimum Gasteiger partial charge on any atom is -0.467 e. The molecule has 0 saturated heterocycles. The molecule has 1 atom stereocenters. The van der Waals surface area contributed by atoms with Gasteiger partial charge in [-0.2, -0.15) is 5.10 Å². The molecule has 0 N–H and O–H groups in total. The molecule has 0 aliphatic carbocycles. The van der Waals surface area contributed by atoms with E-state index >= 15 is 0 Å². The number of hydrogen-bond acceptors (Lipinski definition) is 7. The Balaban J connectivity index is 1.52. The van der Waals surface area contributed by atoms with Gasteiger partial charge in [-0.25, -0.2) is 14.8 Å². The molecule has 1 aromatic carbocycles. The summed E-state index contributed by atoms with van der Waals surface area (Å²) in [6, 6.07) is 11.2. The molecule has 154 valence electrons. The molecule has 1 amide bonds. The first kappa shape index (κ1) is 20.0. The summed E-state index contributed by atoms with van der Waals surface area (Å²) in [5, 5.41) is 6.66. The van der Waals surface area contributed by atoms with Gasteiger partial charge in [0.05, 0.1) is 22.7 Å². The molecule has 0 saturated carbocycles. The highest BCUT2D eigenvalue weighted by atomic mass is 32.1. The highest BCUT2D eigenvalue weighted by Crippen LogP contribution is 2.33. The maximum Gasteiger partial charge on any atom is 0.350 e. The number of nitrogens with zero attached hydrogens (tertiary/aromatic N) is 3. The number of rotatable bonds is 5. The summed E-state index contributed by atoms with van der Waals surface area (Å²) >= 11 is 1.25. The van der Waals surface area contributed by atoms with Crippen molar-refractivity contribution in [2.24, 2.45) is 5.10 Å². The van der Waals surface area contributed by atoms with Gasteiger partial charge >= 0.3 is 5.97 Å². The van der Waals surface area contributed by atoms with E-state index in [0.29, 0.717) is 22.8 Å². The first-order valence-corrected chi connectivity index (χ1v) is 10.3. The van der Waals surface area contributed by atoms with Crippen molar-refractivity contribution < 1.29 is 18.7 Å². The fraction of sp³-hybridized carbons (Fsp3) is 0.273. The van der Waals surface area contributed by atoms with Gasteiger partial charge in [-0.1, -0.05) is 29.8 Å². The van der Waals surface area contributed by atoms with E-state index in [0.717, 1.165) is 21.8 Å². The van der Waals surface area contributed by atoms with Crippen LogP contribution in [0.15, 0.2) is 52.2 Å². The van der Waals surface area contributed by atoms with Gasteiger partial charge in [-0.15, -0.1) is 11.3 Å². The van der Waals surface area contributed by atoms with Crippen LogP contribution in [0.4, 0.5) is 0 Å². The van der Waals surface area contributed by atoms with Crippen molar-refractivity contribution in [1.82, 2.24) is 9.99 Å². The van der Waals surface area contributed by atoms with Gasteiger partial charge in [0.25, 0.3) is 5.91 Å². The summed E-state index contributed by atoms with van der Waals surface area (Å²) in [6.45, 7) is 5.17. The van der Waals surface area contributed by atoms with E-state index in [1.807, 2.05) is 44.2 Å². The van der Waals surface area contributed by atoms with E-state index in [-0.39, 0.29) is 6.04 Å². The average Bonchev–Trinajstić information content (AvgIpc) is 3.45. The third-order valence-electron chi connectivity index (χ3n) is 4.84. The molecule has 0 spiro atoms. The van der Waals surface area contributed by atoms with Crippen molar-refractivity contribution in [2.75, 3.05) is 6.61 Å². The van der Waals surface area contributed by atoms with E-state index in [1.54, 1.807) is 19.3 Å². The maximum absolute atomic E-state index is 12.9. The smallest absolute Gasteiger partial charge is 0.350 e. The molecule has 7 nitrogen and oxygen atoms in total. The van der Waals surface area contributed by atoms with Gasteiger partial charge < -0.3 is 9.15 Å². The SMILES string of the molecule is Cc1ccc(C2=NN(C(=O)COC(=O)c3sc(C)nc3C)C(c3ccco3)C2)cc1. The predicted octanol–water partition coefficient (Wildman–Crippen LogP) is 4.20. The van der Waals surface area contributed by atoms with Crippen molar-refractivity contribution in [3.63, 3.8) is 0 Å². The largest absolute Gasteiger partial charge is 0.467 e. The van der Waals surface area contributed by atoms with Crippen molar-refractivity contribution in [2.45, 2.75) is 33.2 Å². The van der Waals surface area contributed by atoms with Crippen LogP contribution in [0.2, 0.25) is 0 Å². The van der Waals surface area contributed by atoms with Crippen molar-refractivity contribution in [3.05, 3.63) is 75.1 Å². The third kappa shape index (κ3) is 4.04. The van der Waals surface area contributed by atoms with Crippen molar-refractivity contribution in [1.29, 1.82) is 0 Å². The van der Waals surface area contributed by atoms with Crippen LogP contribution in [0.3, 0.4) is 0 Å². The van der Waals surface area contributed by atoms with Crippen LogP contribution in [0.1, 0.15) is 49.7 Å². The minimum absolute atomic E-state index is 0.380. The number of hydrogen-bond donors (Lipinski definition) is 0. The molecule has 1 unspecified atom stereocenters. The van der Waals surface area contributed by atoms with Gasteiger partial charge in [0.1, 0.15) is 16.7 Å². The fourth-order valence-electron chi connectivity index (χ4n) is 3.34. The molecule has 3 heterocycles. The number of esters is 1.